The van der Waals surface area contributed by atoms with Gasteiger partial charge in [-0.1, -0.05) is 18.2 Å². The molecule has 3 N–H and O–H groups in total. The first-order chi connectivity index (χ1) is 13.2. The van der Waals surface area contributed by atoms with Crippen molar-refractivity contribution in [1.29, 1.82) is 0 Å². The third-order valence-electron chi connectivity index (χ3n) is 3.54. The average molecular weight is 362 g/mol. The maximum absolute atomic E-state index is 11.8. The minimum absolute atomic E-state index is 0.220. The molecule has 27 heavy (non-hydrogen) atoms. The molecule has 3 aromatic rings. The van der Waals surface area contributed by atoms with Crippen molar-refractivity contribution in [1.82, 2.24) is 15.8 Å². The van der Waals surface area contributed by atoms with Gasteiger partial charge in [-0.2, -0.15) is 0 Å². The second-order valence-corrected chi connectivity index (χ2v) is 5.54. The van der Waals surface area contributed by atoms with E-state index in [4.69, 9.17) is 4.74 Å². The quantitative estimate of drug-likeness (QED) is 0.586. The molecule has 0 aliphatic rings. The monoisotopic (exact) mass is 362 g/mol. The second kappa shape index (κ2) is 9.00. The van der Waals surface area contributed by atoms with Gasteiger partial charge in [0.1, 0.15) is 5.75 Å². The first-order valence-corrected chi connectivity index (χ1v) is 8.25. The van der Waals surface area contributed by atoms with Crippen LogP contribution in [-0.2, 0) is 4.79 Å². The van der Waals surface area contributed by atoms with Gasteiger partial charge in [-0.3, -0.25) is 25.4 Å². The number of pyridine rings is 1. The largest absolute Gasteiger partial charge is 0.484 e. The van der Waals surface area contributed by atoms with Crippen LogP contribution in [0.2, 0.25) is 0 Å². The number of carbonyl (C=O) groups excluding carboxylic acids is 2. The molecule has 136 valence electrons. The predicted octanol–water partition coefficient (Wildman–Crippen LogP) is 2.67. The molecule has 2 amide bonds. The van der Waals surface area contributed by atoms with Crippen molar-refractivity contribution in [3.8, 4) is 5.75 Å². The first-order valence-electron chi connectivity index (χ1n) is 8.25. The number of ether oxygens (including phenoxy) is 1. The fraction of sp³-hybridized carbons (Fsp3) is 0.0500. The van der Waals surface area contributed by atoms with E-state index in [0.717, 1.165) is 11.4 Å². The van der Waals surface area contributed by atoms with Crippen LogP contribution in [0.5, 0.6) is 5.75 Å². The molecule has 0 unspecified atom stereocenters. The van der Waals surface area contributed by atoms with E-state index in [9.17, 15) is 9.59 Å². The van der Waals surface area contributed by atoms with Crippen LogP contribution >= 0.6 is 0 Å². The summed E-state index contributed by atoms with van der Waals surface area (Å²) in [5.74, 6) is -0.352. The van der Waals surface area contributed by atoms with Crippen molar-refractivity contribution in [2.75, 3.05) is 11.9 Å². The van der Waals surface area contributed by atoms with Crippen LogP contribution in [-0.4, -0.2) is 23.4 Å². The van der Waals surface area contributed by atoms with Crippen LogP contribution in [0.15, 0.2) is 79.1 Å². The lowest BCUT2D eigenvalue weighted by molar-refractivity contribution is -0.123. The van der Waals surface area contributed by atoms with E-state index in [1.165, 1.54) is 12.4 Å². The third-order valence-corrected chi connectivity index (χ3v) is 3.54. The summed E-state index contributed by atoms with van der Waals surface area (Å²) in [7, 11) is 0. The number of nitrogens with one attached hydrogen (secondary N) is 3. The summed E-state index contributed by atoms with van der Waals surface area (Å²) < 4.78 is 5.41. The van der Waals surface area contributed by atoms with Crippen molar-refractivity contribution >= 4 is 23.2 Å². The van der Waals surface area contributed by atoms with Crippen molar-refractivity contribution in [2.45, 2.75) is 0 Å². The Morgan fingerprint density at radius 3 is 2.19 bits per heavy atom. The fourth-order valence-electron chi connectivity index (χ4n) is 2.21. The molecule has 1 aromatic heterocycles. The molecule has 1 heterocycles. The number of aromatic nitrogens is 1. The minimum atomic E-state index is -0.469. The summed E-state index contributed by atoms with van der Waals surface area (Å²) in [6.07, 6.45) is 2.99. The molecule has 0 fully saturated rings. The zero-order valence-electron chi connectivity index (χ0n) is 14.4. The topological polar surface area (TPSA) is 92.4 Å². The van der Waals surface area contributed by atoms with E-state index in [1.807, 2.05) is 42.5 Å². The minimum Gasteiger partial charge on any atom is -0.484 e. The van der Waals surface area contributed by atoms with Gasteiger partial charge in [-0.15, -0.1) is 0 Å². The Balaban J connectivity index is 1.43. The standard InChI is InChI=1S/C20H18N4O3/c25-19(23-24-20(26)15-10-12-21-13-11-15)14-27-18-8-6-17(7-9-18)22-16-4-2-1-3-5-16/h1-13,22H,14H2,(H,23,25)(H,24,26). The lowest BCUT2D eigenvalue weighted by Crippen LogP contribution is -2.43. The molecule has 0 aliphatic carbocycles. The summed E-state index contributed by atoms with van der Waals surface area (Å²) in [5, 5.41) is 3.26. The van der Waals surface area contributed by atoms with Gasteiger partial charge in [0.15, 0.2) is 6.61 Å². The Bertz CT molecular complexity index is 884. The van der Waals surface area contributed by atoms with Crippen LogP contribution in [0.4, 0.5) is 11.4 Å². The molecule has 3 rings (SSSR count). The highest BCUT2D eigenvalue weighted by molar-refractivity contribution is 5.95. The highest BCUT2D eigenvalue weighted by Gasteiger charge is 2.07. The Morgan fingerprint density at radius 2 is 1.48 bits per heavy atom. The summed E-state index contributed by atoms with van der Waals surface area (Å²) in [6.45, 7) is -0.220. The van der Waals surface area contributed by atoms with Crippen LogP contribution in [0.3, 0.4) is 0 Å². The van der Waals surface area contributed by atoms with Gasteiger partial charge in [-0.25, -0.2) is 0 Å². The molecule has 7 nitrogen and oxygen atoms in total. The third kappa shape index (κ3) is 5.57. The number of amides is 2. The first kappa shape index (κ1) is 17.9. The molecule has 0 spiro atoms. The van der Waals surface area contributed by atoms with E-state index in [-0.39, 0.29) is 6.61 Å². The fourth-order valence-corrected chi connectivity index (χ4v) is 2.21. The number of carbonyl (C=O) groups is 2. The Labute approximate surface area is 156 Å². The van der Waals surface area contributed by atoms with Gasteiger partial charge in [0.25, 0.3) is 11.8 Å². The van der Waals surface area contributed by atoms with Gasteiger partial charge in [0, 0.05) is 29.3 Å². The van der Waals surface area contributed by atoms with Gasteiger partial charge in [-0.05, 0) is 48.5 Å². The lowest BCUT2D eigenvalue weighted by atomic mass is 10.2. The van der Waals surface area contributed by atoms with E-state index in [2.05, 4.69) is 21.2 Å². The van der Waals surface area contributed by atoms with E-state index < -0.39 is 11.8 Å². The van der Waals surface area contributed by atoms with Gasteiger partial charge in [0.05, 0.1) is 0 Å². The number of rotatable bonds is 6. The number of anilines is 2. The zero-order chi connectivity index (χ0) is 18.9. The molecule has 0 bridgehead atoms. The van der Waals surface area contributed by atoms with Crippen molar-refractivity contribution in [3.63, 3.8) is 0 Å². The summed E-state index contributed by atoms with van der Waals surface area (Å²) in [4.78, 5) is 27.4. The molecule has 0 saturated carbocycles. The molecule has 0 saturated heterocycles. The van der Waals surface area contributed by atoms with Gasteiger partial charge in [0.2, 0.25) is 0 Å². The van der Waals surface area contributed by atoms with E-state index in [1.54, 1.807) is 24.3 Å². The van der Waals surface area contributed by atoms with Gasteiger partial charge >= 0.3 is 0 Å². The average Bonchev–Trinajstić information content (AvgIpc) is 2.73. The van der Waals surface area contributed by atoms with Crippen LogP contribution in [0.25, 0.3) is 0 Å². The maximum Gasteiger partial charge on any atom is 0.276 e. The predicted molar refractivity (Wildman–Crippen MR) is 102 cm³/mol. The molecule has 2 aromatic carbocycles. The van der Waals surface area contributed by atoms with E-state index >= 15 is 0 Å². The molecular weight excluding hydrogens is 344 g/mol. The normalized spacial score (nSPS) is 9.93. The highest BCUT2D eigenvalue weighted by Crippen LogP contribution is 2.19. The Hall–Kier alpha value is -3.87. The molecule has 0 radical (unpaired) electrons. The number of nitrogens with zero attached hydrogens (tertiary/aromatic N) is 1. The zero-order valence-corrected chi connectivity index (χ0v) is 14.4. The number of hydrogen-bond acceptors (Lipinski definition) is 5. The number of hydrogen-bond donors (Lipinski definition) is 3. The summed E-state index contributed by atoms with van der Waals surface area (Å²) >= 11 is 0. The maximum atomic E-state index is 11.8. The Morgan fingerprint density at radius 1 is 0.815 bits per heavy atom. The Kier molecular flexibility index (Phi) is 5.98. The number of benzene rings is 2. The smallest absolute Gasteiger partial charge is 0.276 e. The van der Waals surface area contributed by atoms with Crippen molar-refractivity contribution in [3.05, 3.63) is 84.7 Å². The number of hydrazine groups is 1. The van der Waals surface area contributed by atoms with Crippen LogP contribution in [0.1, 0.15) is 10.4 Å². The summed E-state index contributed by atoms with van der Waals surface area (Å²) in [6, 6.07) is 20.1. The number of para-hydroxylation sites is 1. The SMILES string of the molecule is O=C(COc1ccc(Nc2ccccc2)cc1)NNC(=O)c1ccncc1. The van der Waals surface area contributed by atoms with E-state index in [0.29, 0.717) is 11.3 Å². The van der Waals surface area contributed by atoms with Crippen LogP contribution in [0, 0.1) is 0 Å². The van der Waals surface area contributed by atoms with Crippen molar-refractivity contribution < 1.29 is 14.3 Å². The van der Waals surface area contributed by atoms with Crippen molar-refractivity contribution in [2.24, 2.45) is 0 Å². The summed E-state index contributed by atoms with van der Waals surface area (Å²) in [5.41, 5.74) is 6.90. The second-order valence-electron chi connectivity index (χ2n) is 5.54. The molecular formula is C20H18N4O3. The molecule has 0 aliphatic heterocycles. The highest BCUT2D eigenvalue weighted by atomic mass is 16.5. The van der Waals surface area contributed by atoms with Crippen LogP contribution < -0.4 is 20.9 Å². The molecule has 7 heteroatoms. The van der Waals surface area contributed by atoms with Gasteiger partial charge < -0.3 is 10.1 Å². The molecule has 0 atom stereocenters. The lowest BCUT2D eigenvalue weighted by Gasteiger charge is -2.10.